The zero-order chi connectivity index (χ0) is 15.8. The molecule has 0 saturated heterocycles. The highest BCUT2D eigenvalue weighted by Crippen LogP contribution is 2.12. The molecular weight excluding hydrogens is 412 g/mol. The zero-order valence-electron chi connectivity index (χ0n) is 13.1. The number of nitrogens with one attached hydrogen (secondary N) is 2. The van der Waals surface area contributed by atoms with E-state index in [2.05, 4.69) is 15.6 Å². The van der Waals surface area contributed by atoms with Crippen molar-refractivity contribution in [2.45, 2.75) is 19.6 Å². The smallest absolute Gasteiger partial charge is 0.191 e. The van der Waals surface area contributed by atoms with Crippen LogP contribution >= 0.6 is 24.0 Å². The summed E-state index contributed by atoms with van der Waals surface area (Å²) < 4.78 is 23.8. The van der Waals surface area contributed by atoms with Gasteiger partial charge in [-0.25, -0.2) is 4.39 Å². The third-order valence-electron chi connectivity index (χ3n) is 2.94. The molecule has 1 aromatic carbocycles. The van der Waals surface area contributed by atoms with Gasteiger partial charge in [-0.05, 0) is 43.3 Å². The van der Waals surface area contributed by atoms with Crippen molar-refractivity contribution in [3.05, 3.63) is 54.2 Å². The average Bonchev–Trinajstić information content (AvgIpc) is 3.03. The van der Waals surface area contributed by atoms with Gasteiger partial charge in [0.2, 0.25) is 0 Å². The van der Waals surface area contributed by atoms with Crippen LogP contribution in [0.2, 0.25) is 0 Å². The van der Waals surface area contributed by atoms with Crippen LogP contribution in [-0.4, -0.2) is 25.7 Å². The maximum absolute atomic E-state index is 12.8. The van der Waals surface area contributed by atoms with Crippen LogP contribution < -0.4 is 15.4 Å². The predicted octanol–water partition coefficient (Wildman–Crippen LogP) is 3.17. The van der Waals surface area contributed by atoms with Crippen molar-refractivity contribution >= 4 is 29.9 Å². The number of rotatable bonds is 6. The highest BCUT2D eigenvalue weighted by molar-refractivity contribution is 14.0. The second-order valence-corrected chi connectivity index (χ2v) is 4.77. The van der Waals surface area contributed by atoms with Gasteiger partial charge in [0, 0.05) is 7.05 Å². The highest BCUT2D eigenvalue weighted by Gasteiger charge is 2.06. The summed E-state index contributed by atoms with van der Waals surface area (Å²) in [5.74, 6) is 1.85. The van der Waals surface area contributed by atoms with Gasteiger partial charge in [0.1, 0.15) is 23.4 Å². The Bertz CT molecular complexity index is 588. The molecular formula is C16H21FIN3O2. The quantitative estimate of drug-likeness (QED) is 0.418. The van der Waals surface area contributed by atoms with Crippen LogP contribution in [0.4, 0.5) is 4.39 Å². The van der Waals surface area contributed by atoms with Crippen LogP contribution in [0.3, 0.4) is 0 Å². The Balaban J connectivity index is 0.00000264. The third-order valence-corrected chi connectivity index (χ3v) is 2.94. The van der Waals surface area contributed by atoms with Crippen LogP contribution in [0, 0.1) is 5.82 Å². The minimum absolute atomic E-state index is 0. The third kappa shape index (κ3) is 6.89. The van der Waals surface area contributed by atoms with E-state index in [0.29, 0.717) is 24.8 Å². The van der Waals surface area contributed by atoms with Crippen LogP contribution in [0.5, 0.6) is 5.75 Å². The Hall–Kier alpha value is -1.77. The Morgan fingerprint density at radius 1 is 1.26 bits per heavy atom. The van der Waals surface area contributed by atoms with Crippen LogP contribution in [0.1, 0.15) is 12.7 Å². The molecule has 0 saturated carbocycles. The lowest BCUT2D eigenvalue weighted by atomic mass is 10.3. The fourth-order valence-electron chi connectivity index (χ4n) is 1.83. The number of hydrogen-bond donors (Lipinski definition) is 2. The topological polar surface area (TPSA) is 58.8 Å². The van der Waals surface area contributed by atoms with E-state index in [-0.39, 0.29) is 35.9 Å². The molecule has 0 bridgehead atoms. The van der Waals surface area contributed by atoms with E-state index in [4.69, 9.17) is 9.15 Å². The zero-order valence-corrected chi connectivity index (χ0v) is 15.4. The minimum Gasteiger partial charge on any atom is -0.489 e. The normalized spacial score (nSPS) is 12.2. The Kier molecular flexibility index (Phi) is 8.46. The van der Waals surface area contributed by atoms with Gasteiger partial charge in [-0.15, -0.1) is 24.0 Å². The van der Waals surface area contributed by atoms with E-state index in [0.717, 1.165) is 5.76 Å². The summed E-state index contributed by atoms with van der Waals surface area (Å²) in [4.78, 5) is 4.13. The maximum atomic E-state index is 12.8. The van der Waals surface area contributed by atoms with Crippen LogP contribution in [0.25, 0.3) is 0 Å². The largest absolute Gasteiger partial charge is 0.489 e. The molecule has 1 heterocycles. The van der Waals surface area contributed by atoms with E-state index in [9.17, 15) is 4.39 Å². The summed E-state index contributed by atoms with van der Waals surface area (Å²) in [5, 5.41) is 6.30. The summed E-state index contributed by atoms with van der Waals surface area (Å²) in [7, 11) is 1.70. The minimum atomic E-state index is -0.277. The molecule has 2 N–H and O–H groups in total. The van der Waals surface area contributed by atoms with Crippen molar-refractivity contribution in [3.63, 3.8) is 0 Å². The fourth-order valence-corrected chi connectivity index (χ4v) is 1.83. The van der Waals surface area contributed by atoms with Crippen molar-refractivity contribution in [2.75, 3.05) is 13.6 Å². The molecule has 1 unspecified atom stereocenters. The fraction of sp³-hybridized carbons (Fsp3) is 0.312. The molecule has 0 fully saturated rings. The van der Waals surface area contributed by atoms with Crippen molar-refractivity contribution in [1.82, 2.24) is 10.6 Å². The first-order chi connectivity index (χ1) is 10.7. The summed E-state index contributed by atoms with van der Waals surface area (Å²) in [5.41, 5.74) is 0. The monoisotopic (exact) mass is 433 g/mol. The summed E-state index contributed by atoms with van der Waals surface area (Å²) in [6, 6.07) is 9.69. The van der Waals surface area contributed by atoms with Gasteiger partial charge in [-0.2, -0.15) is 0 Å². The van der Waals surface area contributed by atoms with Gasteiger partial charge in [-0.1, -0.05) is 0 Å². The number of furan rings is 1. The first kappa shape index (κ1) is 19.3. The molecule has 23 heavy (non-hydrogen) atoms. The molecule has 1 atom stereocenters. The lowest BCUT2D eigenvalue weighted by Crippen LogP contribution is -2.41. The number of halogens is 2. The van der Waals surface area contributed by atoms with Crippen molar-refractivity contribution in [3.8, 4) is 5.75 Å². The lowest BCUT2D eigenvalue weighted by Gasteiger charge is -2.17. The Morgan fingerprint density at radius 3 is 2.61 bits per heavy atom. The molecule has 2 rings (SSSR count). The van der Waals surface area contributed by atoms with Gasteiger partial charge in [0.05, 0.1) is 19.4 Å². The molecule has 1 aromatic heterocycles. The van der Waals surface area contributed by atoms with E-state index >= 15 is 0 Å². The van der Waals surface area contributed by atoms with Crippen molar-refractivity contribution in [2.24, 2.45) is 4.99 Å². The molecule has 0 aliphatic heterocycles. The molecule has 0 aliphatic carbocycles. The number of guanidine groups is 1. The standard InChI is InChI=1S/C16H20FN3O2.HI/c1-12(22-14-7-5-13(17)6-8-14)10-19-16(18-2)20-11-15-4-3-9-21-15;/h3-9,12H,10-11H2,1-2H3,(H2,18,19,20);1H. The SMILES string of the molecule is CN=C(NCc1ccco1)NCC(C)Oc1ccc(F)cc1.I. The molecule has 2 aromatic rings. The molecule has 126 valence electrons. The Labute approximate surface area is 152 Å². The second-order valence-electron chi connectivity index (χ2n) is 4.77. The maximum Gasteiger partial charge on any atom is 0.191 e. The molecule has 7 heteroatoms. The molecule has 5 nitrogen and oxygen atoms in total. The van der Waals surface area contributed by atoms with E-state index < -0.39 is 0 Å². The second kappa shape index (κ2) is 10.1. The van der Waals surface area contributed by atoms with Crippen molar-refractivity contribution < 1.29 is 13.5 Å². The molecule has 0 radical (unpaired) electrons. The number of aliphatic imine (C=N–C) groups is 1. The van der Waals surface area contributed by atoms with Crippen molar-refractivity contribution in [1.29, 1.82) is 0 Å². The summed E-state index contributed by atoms with van der Waals surface area (Å²) in [6.07, 6.45) is 1.54. The van der Waals surface area contributed by atoms with Gasteiger partial charge < -0.3 is 19.8 Å². The molecule has 0 aliphatic rings. The highest BCUT2D eigenvalue weighted by atomic mass is 127. The first-order valence-corrected chi connectivity index (χ1v) is 7.06. The molecule has 0 amide bonds. The molecule has 0 spiro atoms. The lowest BCUT2D eigenvalue weighted by molar-refractivity contribution is 0.223. The number of benzene rings is 1. The van der Waals surface area contributed by atoms with Gasteiger partial charge in [0.15, 0.2) is 5.96 Å². The van der Waals surface area contributed by atoms with Crippen LogP contribution in [-0.2, 0) is 6.54 Å². The van der Waals surface area contributed by atoms with Gasteiger partial charge in [0.25, 0.3) is 0 Å². The van der Waals surface area contributed by atoms with E-state index in [1.807, 2.05) is 19.1 Å². The average molecular weight is 433 g/mol. The Morgan fingerprint density at radius 2 is 2.00 bits per heavy atom. The summed E-state index contributed by atoms with van der Waals surface area (Å²) in [6.45, 7) is 3.05. The van der Waals surface area contributed by atoms with E-state index in [1.165, 1.54) is 12.1 Å². The number of hydrogen-bond acceptors (Lipinski definition) is 3. The van der Waals surface area contributed by atoms with Gasteiger partial charge in [-0.3, -0.25) is 4.99 Å². The van der Waals surface area contributed by atoms with Gasteiger partial charge >= 0.3 is 0 Å². The number of ether oxygens (including phenoxy) is 1. The summed E-state index contributed by atoms with van der Waals surface area (Å²) >= 11 is 0. The van der Waals surface area contributed by atoms with Crippen LogP contribution in [0.15, 0.2) is 52.1 Å². The first-order valence-electron chi connectivity index (χ1n) is 7.06. The predicted molar refractivity (Wildman–Crippen MR) is 98.8 cm³/mol. The van der Waals surface area contributed by atoms with E-state index in [1.54, 1.807) is 25.4 Å². The number of nitrogens with zero attached hydrogens (tertiary/aromatic N) is 1.